The van der Waals surface area contributed by atoms with Crippen LogP contribution in [0.25, 0.3) is 0 Å². The number of thiophene rings is 1. The van der Waals surface area contributed by atoms with Crippen molar-refractivity contribution in [2.75, 3.05) is 0 Å². The Labute approximate surface area is 109 Å². The van der Waals surface area contributed by atoms with Crippen molar-refractivity contribution in [2.45, 2.75) is 31.8 Å². The second-order valence-corrected chi connectivity index (χ2v) is 5.51. The van der Waals surface area contributed by atoms with E-state index in [2.05, 4.69) is 10.6 Å². The molecule has 0 saturated heterocycles. The van der Waals surface area contributed by atoms with E-state index in [1.165, 1.54) is 11.3 Å². The third kappa shape index (κ3) is 3.22. The van der Waals surface area contributed by atoms with E-state index in [4.69, 9.17) is 5.11 Å². The fourth-order valence-corrected chi connectivity index (χ4v) is 2.57. The van der Waals surface area contributed by atoms with Crippen molar-refractivity contribution >= 4 is 23.3 Å². The van der Waals surface area contributed by atoms with E-state index < -0.39 is 18.0 Å². The average Bonchev–Trinajstić information content (AvgIpc) is 3.03. The molecule has 2 unspecified atom stereocenters. The summed E-state index contributed by atoms with van der Waals surface area (Å²) in [5.41, 5.74) is 0. The molecule has 98 valence electrons. The van der Waals surface area contributed by atoms with Gasteiger partial charge < -0.3 is 15.7 Å². The lowest BCUT2D eigenvalue weighted by atomic mass is 10.2. The van der Waals surface area contributed by atoms with Crippen LogP contribution in [0.2, 0.25) is 0 Å². The van der Waals surface area contributed by atoms with E-state index in [1.807, 2.05) is 6.92 Å². The van der Waals surface area contributed by atoms with Crippen molar-refractivity contribution < 1.29 is 14.7 Å². The number of carboxylic acid groups (broad SMARTS) is 1. The van der Waals surface area contributed by atoms with E-state index in [0.717, 1.165) is 12.8 Å². The number of carbonyl (C=O) groups is 2. The minimum absolute atomic E-state index is 0.0998. The molecule has 1 aromatic heterocycles. The molecule has 2 amide bonds. The molecule has 1 fully saturated rings. The van der Waals surface area contributed by atoms with Crippen LogP contribution in [0.15, 0.2) is 17.5 Å². The van der Waals surface area contributed by atoms with Crippen LogP contribution in [0.4, 0.5) is 4.79 Å². The number of amides is 2. The Morgan fingerprint density at radius 3 is 2.67 bits per heavy atom. The smallest absolute Gasteiger partial charge is 0.331 e. The molecule has 0 aliphatic heterocycles. The molecule has 1 aliphatic rings. The van der Waals surface area contributed by atoms with Crippen LogP contribution in [-0.2, 0) is 4.79 Å². The molecule has 0 aromatic carbocycles. The maximum atomic E-state index is 11.7. The second kappa shape index (κ2) is 5.39. The Hall–Kier alpha value is -1.56. The standard InChI is InChI=1S/C12H16N2O3S/c1-7(8-4-5-8)13-12(17)14-10(11(15)16)9-3-2-6-18-9/h2-3,6-8,10H,4-5H2,1H3,(H,15,16)(H2,13,14,17). The SMILES string of the molecule is CC(NC(=O)NC(C(=O)O)c1cccs1)C1CC1. The van der Waals surface area contributed by atoms with Gasteiger partial charge in [0.15, 0.2) is 6.04 Å². The highest BCUT2D eigenvalue weighted by Gasteiger charge is 2.30. The quantitative estimate of drug-likeness (QED) is 0.764. The Kier molecular flexibility index (Phi) is 3.86. The number of carboxylic acids is 1. The first-order valence-electron chi connectivity index (χ1n) is 5.91. The monoisotopic (exact) mass is 268 g/mol. The summed E-state index contributed by atoms with van der Waals surface area (Å²) in [4.78, 5) is 23.5. The molecule has 2 rings (SSSR count). The van der Waals surface area contributed by atoms with E-state index in [9.17, 15) is 9.59 Å². The van der Waals surface area contributed by atoms with Gasteiger partial charge in [0.2, 0.25) is 0 Å². The van der Waals surface area contributed by atoms with Gasteiger partial charge in [0.1, 0.15) is 0 Å². The zero-order valence-corrected chi connectivity index (χ0v) is 10.9. The van der Waals surface area contributed by atoms with E-state index in [0.29, 0.717) is 10.8 Å². The number of urea groups is 1. The largest absolute Gasteiger partial charge is 0.479 e. The summed E-state index contributed by atoms with van der Waals surface area (Å²) in [6, 6.07) is 2.17. The molecule has 0 spiro atoms. The highest BCUT2D eigenvalue weighted by Crippen LogP contribution is 2.32. The first kappa shape index (κ1) is 12.9. The van der Waals surface area contributed by atoms with Gasteiger partial charge in [-0.3, -0.25) is 0 Å². The lowest BCUT2D eigenvalue weighted by Gasteiger charge is -2.17. The molecule has 1 aliphatic carbocycles. The molecule has 0 bridgehead atoms. The Morgan fingerprint density at radius 2 is 2.17 bits per heavy atom. The molecule has 2 atom stereocenters. The fourth-order valence-electron chi connectivity index (χ4n) is 1.80. The van der Waals surface area contributed by atoms with Crippen LogP contribution >= 0.6 is 11.3 Å². The summed E-state index contributed by atoms with van der Waals surface area (Å²) in [6.07, 6.45) is 2.27. The fraction of sp³-hybridized carbons (Fsp3) is 0.500. The number of aliphatic carboxylic acids is 1. The summed E-state index contributed by atoms with van der Waals surface area (Å²) in [6.45, 7) is 1.94. The van der Waals surface area contributed by atoms with E-state index in [-0.39, 0.29) is 6.04 Å². The highest BCUT2D eigenvalue weighted by molar-refractivity contribution is 7.10. The van der Waals surface area contributed by atoms with Crippen LogP contribution in [0.3, 0.4) is 0 Å². The van der Waals surface area contributed by atoms with Crippen LogP contribution in [0, 0.1) is 5.92 Å². The molecule has 1 saturated carbocycles. The van der Waals surface area contributed by atoms with Crippen LogP contribution in [0.1, 0.15) is 30.7 Å². The molecule has 18 heavy (non-hydrogen) atoms. The molecule has 3 N–H and O–H groups in total. The zero-order valence-electron chi connectivity index (χ0n) is 10.1. The third-order valence-corrected chi connectivity index (χ3v) is 3.98. The van der Waals surface area contributed by atoms with Crippen LogP contribution in [-0.4, -0.2) is 23.1 Å². The van der Waals surface area contributed by atoms with Crippen molar-refractivity contribution in [1.82, 2.24) is 10.6 Å². The second-order valence-electron chi connectivity index (χ2n) is 4.53. The van der Waals surface area contributed by atoms with Crippen LogP contribution in [0.5, 0.6) is 0 Å². The minimum Gasteiger partial charge on any atom is -0.479 e. The van der Waals surface area contributed by atoms with Gasteiger partial charge in [-0.1, -0.05) is 6.07 Å². The highest BCUT2D eigenvalue weighted by atomic mass is 32.1. The maximum absolute atomic E-state index is 11.7. The Balaban J connectivity index is 1.92. The van der Waals surface area contributed by atoms with Crippen molar-refractivity contribution in [2.24, 2.45) is 5.92 Å². The molecule has 1 heterocycles. The maximum Gasteiger partial charge on any atom is 0.331 e. The lowest BCUT2D eigenvalue weighted by molar-refractivity contribution is -0.139. The van der Waals surface area contributed by atoms with E-state index >= 15 is 0 Å². The van der Waals surface area contributed by atoms with Crippen molar-refractivity contribution in [1.29, 1.82) is 0 Å². The Morgan fingerprint density at radius 1 is 1.44 bits per heavy atom. The average molecular weight is 268 g/mol. The summed E-state index contributed by atoms with van der Waals surface area (Å²) >= 11 is 1.32. The first-order chi connectivity index (χ1) is 8.58. The molecule has 1 aromatic rings. The molecule has 6 heteroatoms. The molecular weight excluding hydrogens is 252 g/mol. The van der Waals surface area contributed by atoms with Crippen LogP contribution < -0.4 is 10.6 Å². The van der Waals surface area contributed by atoms with Gasteiger partial charge in [0.25, 0.3) is 0 Å². The van der Waals surface area contributed by atoms with Gasteiger partial charge in [-0.15, -0.1) is 11.3 Å². The van der Waals surface area contributed by atoms with Crippen molar-refractivity contribution in [3.8, 4) is 0 Å². The summed E-state index contributed by atoms with van der Waals surface area (Å²) in [5.74, 6) is -0.507. The summed E-state index contributed by atoms with van der Waals surface area (Å²) < 4.78 is 0. The normalized spacial score (nSPS) is 17.8. The number of carbonyl (C=O) groups excluding carboxylic acids is 1. The number of hydrogen-bond acceptors (Lipinski definition) is 3. The Bertz CT molecular complexity index is 429. The van der Waals surface area contributed by atoms with Gasteiger partial charge in [-0.2, -0.15) is 0 Å². The summed E-state index contributed by atoms with van der Waals surface area (Å²) in [5, 5.41) is 16.2. The predicted octanol–water partition coefficient (Wildman–Crippen LogP) is 1.97. The number of rotatable bonds is 5. The zero-order chi connectivity index (χ0) is 13.1. The van der Waals surface area contributed by atoms with Gasteiger partial charge in [0, 0.05) is 10.9 Å². The number of nitrogens with one attached hydrogen (secondary N) is 2. The molecular formula is C12H16N2O3S. The third-order valence-electron chi connectivity index (χ3n) is 3.04. The first-order valence-corrected chi connectivity index (χ1v) is 6.79. The van der Waals surface area contributed by atoms with Gasteiger partial charge in [-0.05, 0) is 37.1 Å². The van der Waals surface area contributed by atoms with E-state index in [1.54, 1.807) is 17.5 Å². The van der Waals surface area contributed by atoms with Crippen molar-refractivity contribution in [3.63, 3.8) is 0 Å². The lowest BCUT2D eigenvalue weighted by Crippen LogP contribution is -2.44. The molecule has 0 radical (unpaired) electrons. The minimum atomic E-state index is -1.05. The predicted molar refractivity (Wildman–Crippen MR) is 68.5 cm³/mol. The van der Waals surface area contributed by atoms with Crippen molar-refractivity contribution in [3.05, 3.63) is 22.4 Å². The van der Waals surface area contributed by atoms with Gasteiger partial charge in [0.05, 0.1) is 0 Å². The summed E-state index contributed by atoms with van der Waals surface area (Å²) in [7, 11) is 0. The number of hydrogen-bond donors (Lipinski definition) is 3. The topological polar surface area (TPSA) is 78.4 Å². The van der Waals surface area contributed by atoms with Gasteiger partial charge >= 0.3 is 12.0 Å². The molecule has 5 nitrogen and oxygen atoms in total. The van der Waals surface area contributed by atoms with Gasteiger partial charge in [-0.25, -0.2) is 9.59 Å².